The zero-order valence-corrected chi connectivity index (χ0v) is 7.49. The lowest BCUT2D eigenvalue weighted by Gasteiger charge is -2.06. The highest BCUT2D eigenvalue weighted by atomic mass is 35.5. The number of rotatable bonds is 1. The van der Waals surface area contributed by atoms with E-state index in [2.05, 4.69) is 5.43 Å². The Morgan fingerprint density at radius 1 is 1.25 bits per heavy atom. The maximum absolute atomic E-state index is 5.97. The van der Waals surface area contributed by atoms with Gasteiger partial charge in [-0.1, -0.05) is 11.6 Å². The van der Waals surface area contributed by atoms with E-state index < -0.39 is 0 Å². The van der Waals surface area contributed by atoms with Gasteiger partial charge < -0.3 is 5.43 Å². The molecule has 0 saturated carbocycles. The summed E-state index contributed by atoms with van der Waals surface area (Å²) in [7, 11) is 0. The molecule has 0 radical (unpaired) electrons. The first kappa shape index (κ1) is 7.90. The highest BCUT2D eigenvalue weighted by molar-refractivity contribution is 6.33. The Labute approximate surface area is 76.7 Å². The summed E-state index contributed by atoms with van der Waals surface area (Å²) in [6, 6.07) is 4.06. The fourth-order valence-corrected chi connectivity index (χ4v) is 1.95. The van der Waals surface area contributed by atoms with Crippen LogP contribution in [-0.4, -0.2) is 0 Å². The van der Waals surface area contributed by atoms with Crippen LogP contribution in [-0.2, 0) is 12.8 Å². The Kier molecular flexibility index (Phi) is 1.95. The molecule has 0 unspecified atom stereocenters. The molecule has 0 amide bonds. The minimum absolute atomic E-state index is 0.721. The number of hydrogen-bond acceptors (Lipinski definition) is 2. The largest absolute Gasteiger partial charge is 0.323 e. The molecule has 2 nitrogen and oxygen atoms in total. The van der Waals surface area contributed by atoms with E-state index in [4.69, 9.17) is 17.4 Å². The monoisotopic (exact) mass is 182 g/mol. The van der Waals surface area contributed by atoms with Crippen molar-refractivity contribution in [2.24, 2.45) is 5.84 Å². The molecule has 0 aromatic heterocycles. The molecule has 1 aliphatic rings. The van der Waals surface area contributed by atoms with Crippen molar-refractivity contribution < 1.29 is 0 Å². The first-order chi connectivity index (χ1) is 5.81. The van der Waals surface area contributed by atoms with Crippen LogP contribution >= 0.6 is 11.6 Å². The molecular formula is C9H11ClN2. The van der Waals surface area contributed by atoms with Gasteiger partial charge in [0.1, 0.15) is 0 Å². The van der Waals surface area contributed by atoms with Gasteiger partial charge in [-0.3, -0.25) is 5.84 Å². The van der Waals surface area contributed by atoms with Crippen molar-refractivity contribution in [1.82, 2.24) is 0 Å². The number of nitrogens with one attached hydrogen (secondary N) is 1. The van der Waals surface area contributed by atoms with E-state index in [9.17, 15) is 0 Å². The molecule has 3 N–H and O–H groups in total. The van der Waals surface area contributed by atoms with Crippen LogP contribution in [0.15, 0.2) is 12.1 Å². The van der Waals surface area contributed by atoms with Crippen molar-refractivity contribution in [3.8, 4) is 0 Å². The molecule has 0 atom stereocenters. The van der Waals surface area contributed by atoms with E-state index in [1.165, 1.54) is 17.5 Å². The molecule has 3 heteroatoms. The van der Waals surface area contributed by atoms with E-state index in [0.29, 0.717) is 0 Å². The first-order valence-corrected chi connectivity index (χ1v) is 4.47. The van der Waals surface area contributed by atoms with Gasteiger partial charge in [-0.2, -0.15) is 0 Å². The van der Waals surface area contributed by atoms with Gasteiger partial charge in [0, 0.05) is 0 Å². The Morgan fingerprint density at radius 3 is 2.58 bits per heavy atom. The average molecular weight is 183 g/mol. The lowest BCUT2D eigenvalue weighted by molar-refractivity contribution is 0.912. The fraction of sp³-hybridized carbons (Fsp3) is 0.333. The van der Waals surface area contributed by atoms with Crippen LogP contribution < -0.4 is 11.3 Å². The number of aryl methyl sites for hydroxylation is 2. The van der Waals surface area contributed by atoms with Crippen LogP contribution in [0.5, 0.6) is 0 Å². The normalized spacial score (nSPS) is 14.5. The van der Waals surface area contributed by atoms with E-state index in [1.54, 1.807) is 0 Å². The smallest absolute Gasteiger partial charge is 0.0674 e. The Bertz CT molecular complexity index is 309. The molecule has 0 aliphatic heterocycles. The number of fused-ring (bicyclic) bond motifs is 1. The summed E-state index contributed by atoms with van der Waals surface area (Å²) in [5.41, 5.74) is 6.18. The van der Waals surface area contributed by atoms with Gasteiger partial charge in [0.25, 0.3) is 0 Å². The van der Waals surface area contributed by atoms with E-state index >= 15 is 0 Å². The van der Waals surface area contributed by atoms with Gasteiger partial charge in [0.05, 0.1) is 10.7 Å². The zero-order chi connectivity index (χ0) is 8.55. The second-order valence-corrected chi connectivity index (χ2v) is 3.51. The predicted octanol–water partition coefficient (Wildman–Crippen LogP) is 2.11. The molecular weight excluding hydrogens is 172 g/mol. The van der Waals surface area contributed by atoms with Crippen LogP contribution in [0.4, 0.5) is 5.69 Å². The molecule has 12 heavy (non-hydrogen) atoms. The third-order valence-corrected chi connectivity index (χ3v) is 2.65. The lowest BCUT2D eigenvalue weighted by atomic mass is 10.1. The maximum atomic E-state index is 5.97. The van der Waals surface area contributed by atoms with Crippen LogP contribution in [0.2, 0.25) is 5.02 Å². The second-order valence-electron chi connectivity index (χ2n) is 3.10. The summed E-state index contributed by atoms with van der Waals surface area (Å²) in [6.45, 7) is 0. The summed E-state index contributed by atoms with van der Waals surface area (Å²) in [6.07, 6.45) is 3.54. The molecule has 0 fully saturated rings. The third kappa shape index (κ3) is 1.17. The van der Waals surface area contributed by atoms with Crippen LogP contribution in [0.3, 0.4) is 0 Å². The highest BCUT2D eigenvalue weighted by Gasteiger charge is 2.12. The standard InChI is InChI=1S/C9H11ClN2/c10-8-4-6-2-1-3-7(6)5-9(8)12-11/h4-5,12H,1-3,11H2. The summed E-state index contributed by atoms with van der Waals surface area (Å²) in [5, 5.41) is 0.721. The number of nitrogen functional groups attached to an aromatic ring is 1. The second kappa shape index (κ2) is 2.96. The van der Waals surface area contributed by atoms with Crippen molar-refractivity contribution in [2.45, 2.75) is 19.3 Å². The Hall–Kier alpha value is -0.730. The summed E-state index contributed by atoms with van der Waals surface area (Å²) >= 11 is 5.97. The van der Waals surface area contributed by atoms with Gasteiger partial charge >= 0.3 is 0 Å². The molecule has 0 heterocycles. The summed E-state index contributed by atoms with van der Waals surface area (Å²) < 4.78 is 0. The van der Waals surface area contributed by atoms with Gasteiger partial charge in [-0.25, -0.2) is 0 Å². The quantitative estimate of drug-likeness (QED) is 0.516. The Morgan fingerprint density at radius 2 is 1.92 bits per heavy atom. The number of hydrazine groups is 1. The summed E-state index contributed by atoms with van der Waals surface area (Å²) in [5.74, 6) is 5.31. The number of hydrogen-bond donors (Lipinski definition) is 2. The van der Waals surface area contributed by atoms with Gasteiger partial charge in [0.15, 0.2) is 0 Å². The molecule has 0 saturated heterocycles. The molecule has 0 spiro atoms. The number of benzene rings is 1. The van der Waals surface area contributed by atoms with E-state index in [1.807, 2.05) is 12.1 Å². The van der Waals surface area contributed by atoms with Crippen molar-refractivity contribution in [2.75, 3.05) is 5.43 Å². The predicted molar refractivity (Wildman–Crippen MR) is 51.3 cm³/mol. The molecule has 2 rings (SSSR count). The molecule has 1 aliphatic carbocycles. The van der Waals surface area contributed by atoms with Crippen molar-refractivity contribution in [3.05, 3.63) is 28.3 Å². The topological polar surface area (TPSA) is 38.0 Å². The van der Waals surface area contributed by atoms with Crippen molar-refractivity contribution in [1.29, 1.82) is 0 Å². The summed E-state index contributed by atoms with van der Waals surface area (Å²) in [4.78, 5) is 0. The van der Waals surface area contributed by atoms with Gasteiger partial charge in [0.2, 0.25) is 0 Å². The van der Waals surface area contributed by atoms with Gasteiger partial charge in [-0.05, 0) is 42.5 Å². The number of nitrogens with two attached hydrogens (primary N) is 1. The highest BCUT2D eigenvalue weighted by Crippen LogP contribution is 2.30. The average Bonchev–Trinajstić information content (AvgIpc) is 2.49. The molecule has 1 aromatic carbocycles. The molecule has 64 valence electrons. The SMILES string of the molecule is NNc1cc2c(cc1Cl)CCC2. The van der Waals surface area contributed by atoms with Crippen LogP contribution in [0.25, 0.3) is 0 Å². The van der Waals surface area contributed by atoms with Gasteiger partial charge in [-0.15, -0.1) is 0 Å². The number of halogens is 1. The van der Waals surface area contributed by atoms with Crippen LogP contribution in [0.1, 0.15) is 17.5 Å². The minimum atomic E-state index is 0.721. The van der Waals surface area contributed by atoms with Crippen molar-refractivity contribution >= 4 is 17.3 Å². The fourth-order valence-electron chi connectivity index (χ4n) is 1.70. The van der Waals surface area contributed by atoms with E-state index in [-0.39, 0.29) is 0 Å². The molecule has 0 bridgehead atoms. The Balaban J connectivity index is 2.49. The first-order valence-electron chi connectivity index (χ1n) is 4.09. The minimum Gasteiger partial charge on any atom is -0.323 e. The van der Waals surface area contributed by atoms with Crippen molar-refractivity contribution in [3.63, 3.8) is 0 Å². The number of anilines is 1. The lowest BCUT2D eigenvalue weighted by Crippen LogP contribution is -2.07. The zero-order valence-electron chi connectivity index (χ0n) is 6.73. The van der Waals surface area contributed by atoms with Crippen LogP contribution in [0, 0.1) is 0 Å². The maximum Gasteiger partial charge on any atom is 0.0674 e. The van der Waals surface area contributed by atoms with E-state index in [0.717, 1.165) is 23.6 Å². The molecule has 1 aromatic rings. The third-order valence-electron chi connectivity index (χ3n) is 2.34.